The number of thioether (sulfide) groups is 1. The number of carbonyl (C=O) groups excluding carboxylic acids is 1. The SMILES string of the molecule is CCc1nc(SCC(=O)c2ccc(Cl)cc2)c2c3c(sc2n1)CCCC3. The first-order valence-corrected chi connectivity index (χ1v) is 11.1. The lowest BCUT2D eigenvalue weighted by molar-refractivity contribution is 0.102. The van der Waals surface area contributed by atoms with Gasteiger partial charge in [0.2, 0.25) is 0 Å². The molecule has 4 rings (SSSR count). The van der Waals surface area contributed by atoms with E-state index in [1.165, 1.54) is 40.4 Å². The number of aromatic nitrogens is 2. The summed E-state index contributed by atoms with van der Waals surface area (Å²) in [4.78, 5) is 24.6. The second-order valence-electron chi connectivity index (χ2n) is 6.41. The third-order valence-corrected chi connectivity index (χ3v) is 7.06. The van der Waals surface area contributed by atoms with Crippen molar-refractivity contribution < 1.29 is 4.79 Å². The van der Waals surface area contributed by atoms with Crippen LogP contribution >= 0.6 is 34.7 Å². The van der Waals surface area contributed by atoms with Crippen molar-refractivity contribution in [3.63, 3.8) is 0 Å². The Hall–Kier alpha value is -1.43. The van der Waals surface area contributed by atoms with Crippen LogP contribution in [0.1, 0.15) is 46.4 Å². The quantitative estimate of drug-likeness (QED) is 0.309. The summed E-state index contributed by atoms with van der Waals surface area (Å²) in [5, 5.41) is 2.80. The van der Waals surface area contributed by atoms with Crippen LogP contribution in [0.3, 0.4) is 0 Å². The van der Waals surface area contributed by atoms with E-state index in [0.29, 0.717) is 16.3 Å². The number of benzene rings is 1. The number of Topliss-reactive ketones (excluding diaryl/α,β-unsaturated/α-hetero) is 1. The second-order valence-corrected chi connectivity index (χ2v) is 8.89. The third-order valence-electron chi connectivity index (χ3n) is 4.65. The molecule has 6 heteroatoms. The van der Waals surface area contributed by atoms with Gasteiger partial charge >= 0.3 is 0 Å². The minimum absolute atomic E-state index is 0.0978. The maximum absolute atomic E-state index is 12.5. The number of nitrogens with zero attached hydrogens (tertiary/aromatic N) is 2. The number of hydrogen-bond donors (Lipinski definition) is 0. The monoisotopic (exact) mass is 402 g/mol. The maximum Gasteiger partial charge on any atom is 0.173 e. The van der Waals surface area contributed by atoms with E-state index >= 15 is 0 Å². The van der Waals surface area contributed by atoms with Crippen molar-refractivity contribution in [2.75, 3.05) is 5.75 Å². The molecule has 3 aromatic rings. The summed E-state index contributed by atoms with van der Waals surface area (Å²) in [6.45, 7) is 2.07. The number of rotatable bonds is 5. The minimum Gasteiger partial charge on any atom is -0.293 e. The summed E-state index contributed by atoms with van der Waals surface area (Å²) in [7, 11) is 0. The van der Waals surface area contributed by atoms with Crippen LogP contribution in [-0.4, -0.2) is 21.5 Å². The number of halogens is 1. The van der Waals surface area contributed by atoms with Crippen molar-refractivity contribution >= 4 is 50.7 Å². The topological polar surface area (TPSA) is 42.9 Å². The number of thiophene rings is 1. The molecule has 0 atom stereocenters. The van der Waals surface area contributed by atoms with Crippen LogP contribution < -0.4 is 0 Å². The van der Waals surface area contributed by atoms with Crippen molar-refractivity contribution in [1.82, 2.24) is 9.97 Å². The van der Waals surface area contributed by atoms with Gasteiger partial charge in [-0.1, -0.05) is 30.3 Å². The standard InChI is InChI=1S/C20H19ClN2OS2/c1-2-17-22-19(25-11-15(24)12-7-9-13(21)10-8-12)18-14-5-3-4-6-16(14)26-20(18)23-17/h7-10H,2-6,11H2,1H3. The Balaban J connectivity index is 1.65. The van der Waals surface area contributed by atoms with Crippen molar-refractivity contribution in [2.24, 2.45) is 0 Å². The molecule has 0 N–H and O–H groups in total. The fraction of sp³-hybridized carbons (Fsp3) is 0.350. The van der Waals surface area contributed by atoms with Crippen molar-refractivity contribution in [2.45, 2.75) is 44.1 Å². The lowest BCUT2D eigenvalue weighted by Gasteiger charge is -2.12. The first-order chi connectivity index (χ1) is 12.7. The molecule has 26 heavy (non-hydrogen) atoms. The first kappa shape index (κ1) is 18.0. The van der Waals surface area contributed by atoms with Gasteiger partial charge in [0.15, 0.2) is 5.78 Å². The van der Waals surface area contributed by atoms with Crippen molar-refractivity contribution in [1.29, 1.82) is 0 Å². The predicted octanol–water partition coefficient (Wildman–Crippen LogP) is 5.76. The lowest BCUT2D eigenvalue weighted by Crippen LogP contribution is -2.04. The molecule has 0 spiro atoms. The number of carbonyl (C=O) groups is 1. The molecule has 134 valence electrons. The molecule has 0 saturated carbocycles. The predicted molar refractivity (Wildman–Crippen MR) is 110 cm³/mol. The molecule has 0 radical (unpaired) electrons. The Labute approximate surface area is 166 Å². The average molecular weight is 403 g/mol. The number of hydrogen-bond acceptors (Lipinski definition) is 5. The van der Waals surface area contributed by atoms with Crippen LogP contribution in [0, 0.1) is 0 Å². The largest absolute Gasteiger partial charge is 0.293 e. The highest BCUT2D eigenvalue weighted by molar-refractivity contribution is 8.00. The first-order valence-electron chi connectivity index (χ1n) is 8.88. The molecule has 1 aliphatic carbocycles. The summed E-state index contributed by atoms with van der Waals surface area (Å²) < 4.78 is 0. The van der Waals surface area contributed by atoms with Gasteiger partial charge in [0.05, 0.1) is 5.75 Å². The Morgan fingerprint density at radius 1 is 1.19 bits per heavy atom. The van der Waals surface area contributed by atoms with E-state index < -0.39 is 0 Å². The maximum atomic E-state index is 12.5. The van der Waals surface area contributed by atoms with Crippen LogP contribution in [0.5, 0.6) is 0 Å². The van der Waals surface area contributed by atoms with Gasteiger partial charge in [0.1, 0.15) is 15.7 Å². The van der Waals surface area contributed by atoms with Gasteiger partial charge in [0.25, 0.3) is 0 Å². The molecule has 0 bridgehead atoms. The fourth-order valence-electron chi connectivity index (χ4n) is 3.28. The van der Waals surface area contributed by atoms with E-state index in [9.17, 15) is 4.79 Å². The molecule has 2 heterocycles. The molecular formula is C20H19ClN2OS2. The Morgan fingerprint density at radius 2 is 1.96 bits per heavy atom. The summed E-state index contributed by atoms with van der Waals surface area (Å²) in [6, 6.07) is 7.08. The van der Waals surface area contributed by atoms with Gasteiger partial charge in [-0.15, -0.1) is 11.3 Å². The van der Waals surface area contributed by atoms with Gasteiger partial charge in [0, 0.05) is 27.3 Å². The number of fused-ring (bicyclic) bond motifs is 3. The smallest absolute Gasteiger partial charge is 0.173 e. The van der Waals surface area contributed by atoms with E-state index in [2.05, 4.69) is 6.92 Å². The third kappa shape index (κ3) is 3.53. The number of ketones is 1. The molecule has 1 aliphatic rings. The lowest BCUT2D eigenvalue weighted by atomic mass is 9.97. The Morgan fingerprint density at radius 3 is 2.73 bits per heavy atom. The second kappa shape index (κ2) is 7.67. The van der Waals surface area contributed by atoms with E-state index in [0.717, 1.165) is 34.9 Å². The molecule has 0 unspecified atom stereocenters. The van der Waals surface area contributed by atoms with Gasteiger partial charge in [-0.25, -0.2) is 9.97 Å². The van der Waals surface area contributed by atoms with Crippen LogP contribution in [0.15, 0.2) is 29.3 Å². The van der Waals surface area contributed by atoms with E-state index in [1.807, 2.05) is 11.3 Å². The summed E-state index contributed by atoms with van der Waals surface area (Å²) in [5.74, 6) is 1.33. The minimum atomic E-state index is 0.0978. The van der Waals surface area contributed by atoms with Crippen molar-refractivity contribution in [3.8, 4) is 0 Å². The summed E-state index contributed by atoms with van der Waals surface area (Å²) in [6.07, 6.45) is 5.53. The molecule has 0 amide bonds. The van der Waals surface area contributed by atoms with Crippen LogP contribution in [0.25, 0.3) is 10.2 Å². The molecular weight excluding hydrogens is 384 g/mol. The molecule has 0 saturated heterocycles. The molecule has 1 aromatic carbocycles. The zero-order chi connectivity index (χ0) is 18.1. The number of aryl methyl sites for hydroxylation is 3. The van der Waals surface area contributed by atoms with Crippen LogP contribution in [-0.2, 0) is 19.3 Å². The Kier molecular flexibility index (Phi) is 5.30. The normalized spacial score (nSPS) is 13.8. The highest BCUT2D eigenvalue weighted by atomic mass is 35.5. The van der Waals surface area contributed by atoms with E-state index in [-0.39, 0.29) is 5.78 Å². The van der Waals surface area contributed by atoms with Gasteiger partial charge < -0.3 is 0 Å². The highest BCUT2D eigenvalue weighted by Crippen LogP contribution is 2.39. The zero-order valence-corrected chi connectivity index (χ0v) is 16.9. The van der Waals surface area contributed by atoms with Crippen LogP contribution in [0.4, 0.5) is 0 Å². The molecule has 0 fully saturated rings. The molecule has 3 nitrogen and oxygen atoms in total. The van der Waals surface area contributed by atoms with Gasteiger partial charge in [-0.2, -0.15) is 0 Å². The fourth-order valence-corrected chi connectivity index (χ4v) is 5.72. The summed E-state index contributed by atoms with van der Waals surface area (Å²) >= 11 is 9.26. The van der Waals surface area contributed by atoms with E-state index in [1.54, 1.807) is 24.3 Å². The Bertz CT molecular complexity index is 966. The van der Waals surface area contributed by atoms with Crippen LogP contribution in [0.2, 0.25) is 5.02 Å². The van der Waals surface area contributed by atoms with Crippen molar-refractivity contribution in [3.05, 3.63) is 51.1 Å². The highest BCUT2D eigenvalue weighted by Gasteiger charge is 2.21. The van der Waals surface area contributed by atoms with Gasteiger partial charge in [-0.05, 0) is 55.5 Å². The summed E-state index contributed by atoms with van der Waals surface area (Å²) in [5.41, 5.74) is 2.11. The molecule has 0 aliphatic heterocycles. The zero-order valence-electron chi connectivity index (χ0n) is 14.5. The van der Waals surface area contributed by atoms with Gasteiger partial charge in [-0.3, -0.25) is 4.79 Å². The molecule has 2 aromatic heterocycles. The van der Waals surface area contributed by atoms with E-state index in [4.69, 9.17) is 21.6 Å². The average Bonchev–Trinajstić information content (AvgIpc) is 3.04.